The van der Waals surface area contributed by atoms with Gasteiger partial charge in [0.2, 0.25) is 5.69 Å². The summed E-state index contributed by atoms with van der Waals surface area (Å²) in [5, 5.41) is 0. The number of rotatable bonds is 1. The Kier molecular flexibility index (Phi) is 3.35. The molecule has 120 valence electrons. The molecule has 2 aromatic carbocycles. The SMILES string of the molecule is Cc1cc(-c2c(C)ccc3c2Cc2cccc(C)c2-3)[n+](C)cc1C. The van der Waals surface area contributed by atoms with Crippen molar-refractivity contribution in [2.24, 2.45) is 7.05 Å². The Labute approximate surface area is 144 Å². The largest absolute Gasteiger partial charge is 0.213 e. The van der Waals surface area contributed by atoms with Gasteiger partial charge in [-0.3, -0.25) is 0 Å². The van der Waals surface area contributed by atoms with E-state index in [-0.39, 0.29) is 0 Å². The van der Waals surface area contributed by atoms with Crippen LogP contribution in [0.3, 0.4) is 0 Å². The van der Waals surface area contributed by atoms with Gasteiger partial charge in [0.1, 0.15) is 7.05 Å². The third-order valence-corrected chi connectivity index (χ3v) is 5.52. The highest BCUT2D eigenvalue weighted by molar-refractivity contribution is 5.86. The number of benzene rings is 2. The van der Waals surface area contributed by atoms with E-state index < -0.39 is 0 Å². The second kappa shape index (κ2) is 5.31. The fraction of sp³-hybridized carbons (Fsp3) is 0.261. The van der Waals surface area contributed by atoms with Crippen LogP contribution < -0.4 is 4.57 Å². The van der Waals surface area contributed by atoms with E-state index in [0.29, 0.717) is 0 Å². The first kappa shape index (κ1) is 15.1. The molecule has 0 N–H and O–H groups in total. The van der Waals surface area contributed by atoms with E-state index in [1.165, 1.54) is 55.8 Å². The molecule has 0 spiro atoms. The first-order chi connectivity index (χ1) is 11.5. The average Bonchev–Trinajstić information content (AvgIpc) is 2.91. The molecule has 1 aliphatic carbocycles. The van der Waals surface area contributed by atoms with Crippen molar-refractivity contribution in [3.8, 4) is 22.4 Å². The van der Waals surface area contributed by atoms with Crippen LogP contribution >= 0.6 is 0 Å². The molecular formula is C23H24N+. The fourth-order valence-corrected chi connectivity index (χ4v) is 4.12. The maximum absolute atomic E-state index is 2.34. The van der Waals surface area contributed by atoms with Gasteiger partial charge in [0, 0.05) is 11.6 Å². The third-order valence-electron chi connectivity index (χ3n) is 5.52. The number of aryl methyl sites for hydroxylation is 5. The normalized spacial score (nSPS) is 12.2. The first-order valence-electron chi connectivity index (χ1n) is 8.66. The minimum Gasteiger partial charge on any atom is -0.201 e. The number of hydrogen-bond acceptors (Lipinski definition) is 0. The zero-order valence-corrected chi connectivity index (χ0v) is 15.2. The minimum atomic E-state index is 1.04. The summed E-state index contributed by atoms with van der Waals surface area (Å²) >= 11 is 0. The van der Waals surface area contributed by atoms with Gasteiger partial charge in [0.15, 0.2) is 6.20 Å². The molecule has 0 aliphatic heterocycles. The Morgan fingerprint density at radius 2 is 1.54 bits per heavy atom. The average molecular weight is 314 g/mol. The molecule has 0 radical (unpaired) electrons. The van der Waals surface area contributed by atoms with Crippen LogP contribution in [0.5, 0.6) is 0 Å². The molecule has 1 aromatic heterocycles. The van der Waals surface area contributed by atoms with Gasteiger partial charge in [-0.2, -0.15) is 0 Å². The second-order valence-corrected chi connectivity index (χ2v) is 7.20. The molecule has 0 saturated carbocycles. The molecule has 0 bridgehead atoms. The highest BCUT2D eigenvalue weighted by atomic mass is 14.9. The van der Waals surface area contributed by atoms with E-state index >= 15 is 0 Å². The Balaban J connectivity index is 2.02. The van der Waals surface area contributed by atoms with Gasteiger partial charge in [0.05, 0.1) is 5.56 Å². The third kappa shape index (κ3) is 2.11. The summed E-state index contributed by atoms with van der Waals surface area (Å²) in [6, 6.07) is 13.6. The van der Waals surface area contributed by atoms with Crippen LogP contribution in [-0.4, -0.2) is 0 Å². The Bertz CT molecular complexity index is 980. The molecule has 0 saturated heterocycles. The quantitative estimate of drug-likeness (QED) is 0.436. The van der Waals surface area contributed by atoms with Crippen molar-refractivity contribution in [2.45, 2.75) is 34.1 Å². The lowest BCUT2D eigenvalue weighted by Gasteiger charge is -2.12. The van der Waals surface area contributed by atoms with E-state index in [4.69, 9.17) is 0 Å². The van der Waals surface area contributed by atoms with Gasteiger partial charge < -0.3 is 0 Å². The monoisotopic (exact) mass is 314 g/mol. The smallest absolute Gasteiger partial charge is 0.201 e. The van der Waals surface area contributed by atoms with Crippen LogP contribution in [0.1, 0.15) is 33.4 Å². The summed E-state index contributed by atoms with van der Waals surface area (Å²) in [6.45, 7) is 8.85. The molecule has 4 rings (SSSR count). The molecule has 1 nitrogen and oxygen atoms in total. The lowest BCUT2D eigenvalue weighted by atomic mass is 9.92. The van der Waals surface area contributed by atoms with Gasteiger partial charge in [-0.05, 0) is 73.1 Å². The standard InChI is InChI=1S/C23H24N/c1-14-7-6-8-18-12-20-19(22(14)18)10-9-15(2)23(20)21-11-16(3)17(4)13-24(21)5/h6-11,13H,12H2,1-5H3/q+1. The molecule has 0 unspecified atom stereocenters. The Morgan fingerprint density at radius 3 is 2.33 bits per heavy atom. The summed E-state index contributed by atoms with van der Waals surface area (Å²) in [5.41, 5.74) is 14.0. The van der Waals surface area contributed by atoms with Gasteiger partial charge in [-0.25, -0.2) is 4.57 Å². The molecule has 1 heterocycles. The summed E-state index contributed by atoms with van der Waals surface area (Å²) in [7, 11) is 2.16. The fourth-order valence-electron chi connectivity index (χ4n) is 4.12. The zero-order chi connectivity index (χ0) is 17.0. The van der Waals surface area contributed by atoms with Crippen LogP contribution in [-0.2, 0) is 13.5 Å². The van der Waals surface area contributed by atoms with Crippen molar-refractivity contribution in [1.29, 1.82) is 0 Å². The highest BCUT2D eigenvalue weighted by Gasteiger charge is 2.27. The molecule has 1 heteroatoms. The molecule has 1 aliphatic rings. The molecule has 0 fully saturated rings. The van der Waals surface area contributed by atoms with Crippen LogP contribution in [0.25, 0.3) is 22.4 Å². The van der Waals surface area contributed by atoms with Crippen molar-refractivity contribution < 1.29 is 4.57 Å². The summed E-state index contributed by atoms with van der Waals surface area (Å²) < 4.78 is 2.28. The molecular weight excluding hydrogens is 290 g/mol. The van der Waals surface area contributed by atoms with Crippen molar-refractivity contribution in [3.63, 3.8) is 0 Å². The van der Waals surface area contributed by atoms with Crippen molar-refractivity contribution in [3.05, 3.63) is 76.0 Å². The molecule has 24 heavy (non-hydrogen) atoms. The van der Waals surface area contributed by atoms with E-state index in [1.807, 2.05) is 0 Å². The zero-order valence-electron chi connectivity index (χ0n) is 15.2. The molecule has 0 amide bonds. The molecule has 3 aromatic rings. The topological polar surface area (TPSA) is 3.88 Å². The number of hydrogen-bond donors (Lipinski definition) is 0. The van der Waals surface area contributed by atoms with Gasteiger partial charge in [0.25, 0.3) is 0 Å². The predicted molar refractivity (Wildman–Crippen MR) is 100 cm³/mol. The molecule has 0 atom stereocenters. The van der Waals surface area contributed by atoms with Gasteiger partial charge in [-0.15, -0.1) is 0 Å². The number of fused-ring (bicyclic) bond motifs is 3. The highest BCUT2D eigenvalue weighted by Crippen LogP contribution is 2.43. The van der Waals surface area contributed by atoms with E-state index in [9.17, 15) is 0 Å². The van der Waals surface area contributed by atoms with Gasteiger partial charge >= 0.3 is 0 Å². The summed E-state index contributed by atoms with van der Waals surface area (Å²) in [6.07, 6.45) is 3.28. The number of aromatic nitrogens is 1. The van der Waals surface area contributed by atoms with E-state index in [1.54, 1.807) is 0 Å². The van der Waals surface area contributed by atoms with Crippen LogP contribution in [0, 0.1) is 27.7 Å². The van der Waals surface area contributed by atoms with Gasteiger partial charge in [-0.1, -0.05) is 30.3 Å². The maximum Gasteiger partial charge on any atom is 0.213 e. The van der Waals surface area contributed by atoms with Crippen molar-refractivity contribution >= 4 is 0 Å². The van der Waals surface area contributed by atoms with Crippen molar-refractivity contribution in [2.75, 3.05) is 0 Å². The summed E-state index contributed by atoms with van der Waals surface area (Å²) in [4.78, 5) is 0. The summed E-state index contributed by atoms with van der Waals surface area (Å²) in [5.74, 6) is 0. The minimum absolute atomic E-state index is 1.04. The van der Waals surface area contributed by atoms with Crippen LogP contribution in [0.15, 0.2) is 42.6 Å². The van der Waals surface area contributed by atoms with E-state index in [2.05, 4.69) is 81.9 Å². The lowest BCUT2D eigenvalue weighted by molar-refractivity contribution is -0.660. The first-order valence-corrected chi connectivity index (χ1v) is 8.66. The Hall–Kier alpha value is -2.41. The van der Waals surface area contributed by atoms with E-state index in [0.717, 1.165) is 6.42 Å². The second-order valence-electron chi connectivity index (χ2n) is 7.20. The maximum atomic E-state index is 2.34. The number of pyridine rings is 1. The lowest BCUT2D eigenvalue weighted by Crippen LogP contribution is -2.32. The number of nitrogens with zero attached hydrogens (tertiary/aromatic N) is 1. The Morgan fingerprint density at radius 1 is 0.792 bits per heavy atom. The van der Waals surface area contributed by atoms with Crippen molar-refractivity contribution in [1.82, 2.24) is 0 Å². The predicted octanol–water partition coefficient (Wildman–Crippen LogP) is 4.98. The van der Waals surface area contributed by atoms with Crippen LogP contribution in [0.4, 0.5) is 0 Å². The van der Waals surface area contributed by atoms with Crippen LogP contribution in [0.2, 0.25) is 0 Å².